The van der Waals surface area contributed by atoms with Crippen LogP contribution in [0.15, 0.2) is 23.0 Å². The van der Waals surface area contributed by atoms with Crippen LogP contribution in [-0.4, -0.2) is 25.0 Å². The molecule has 1 saturated heterocycles. The molecule has 1 aliphatic carbocycles. The lowest BCUT2D eigenvalue weighted by molar-refractivity contribution is -0.179. The maximum atomic E-state index is 5.72. The second-order valence-corrected chi connectivity index (χ2v) is 4.89. The Hall–Kier alpha value is -0.840. The monoisotopic (exact) mass is 237 g/mol. The van der Waals surface area contributed by atoms with Gasteiger partial charge in [-0.05, 0) is 18.9 Å². The van der Waals surface area contributed by atoms with Crippen LogP contribution in [0.2, 0.25) is 0 Å². The highest BCUT2D eigenvalue weighted by Crippen LogP contribution is 2.35. The van der Waals surface area contributed by atoms with E-state index in [4.69, 9.17) is 13.9 Å². The maximum absolute atomic E-state index is 5.72. The minimum Gasteiger partial charge on any atom is -0.472 e. The molecule has 1 aliphatic heterocycles. The van der Waals surface area contributed by atoms with Gasteiger partial charge in [0.15, 0.2) is 5.79 Å². The van der Waals surface area contributed by atoms with Crippen LogP contribution in [-0.2, 0) is 16.0 Å². The molecule has 0 atom stereocenters. The van der Waals surface area contributed by atoms with E-state index in [-0.39, 0.29) is 5.79 Å². The quantitative estimate of drug-likeness (QED) is 0.874. The van der Waals surface area contributed by atoms with Gasteiger partial charge >= 0.3 is 0 Å². The molecule has 1 aromatic rings. The summed E-state index contributed by atoms with van der Waals surface area (Å²) in [7, 11) is 0. The van der Waals surface area contributed by atoms with E-state index in [1.807, 2.05) is 6.07 Å². The minimum atomic E-state index is -0.242. The summed E-state index contributed by atoms with van der Waals surface area (Å²) in [5.74, 6) is -0.242. The summed E-state index contributed by atoms with van der Waals surface area (Å²) in [6.07, 6.45) is 7.77. The highest BCUT2D eigenvalue weighted by atomic mass is 16.7. The predicted molar refractivity (Wildman–Crippen MR) is 62.4 cm³/mol. The Morgan fingerprint density at radius 2 is 2.00 bits per heavy atom. The zero-order chi connectivity index (χ0) is 11.6. The smallest absolute Gasteiger partial charge is 0.168 e. The predicted octanol–water partition coefficient (Wildman–Crippen LogP) is 2.05. The Morgan fingerprint density at radius 1 is 1.24 bits per heavy atom. The van der Waals surface area contributed by atoms with Crippen molar-refractivity contribution in [3.05, 3.63) is 24.2 Å². The fraction of sp³-hybridized carbons (Fsp3) is 0.692. The van der Waals surface area contributed by atoms with E-state index in [9.17, 15) is 0 Å². The molecule has 1 aromatic heterocycles. The van der Waals surface area contributed by atoms with Gasteiger partial charge in [-0.25, -0.2) is 0 Å². The number of rotatable bonds is 3. The first-order chi connectivity index (χ1) is 8.36. The van der Waals surface area contributed by atoms with E-state index < -0.39 is 0 Å². The summed E-state index contributed by atoms with van der Waals surface area (Å²) in [5, 5.41) is 3.56. The molecule has 0 aromatic carbocycles. The first-order valence-corrected chi connectivity index (χ1v) is 6.39. The zero-order valence-corrected chi connectivity index (χ0v) is 9.98. The van der Waals surface area contributed by atoms with E-state index in [0.29, 0.717) is 6.04 Å². The molecule has 1 N–H and O–H groups in total. The molecule has 0 radical (unpaired) electrons. The van der Waals surface area contributed by atoms with Crippen LogP contribution in [0.3, 0.4) is 0 Å². The van der Waals surface area contributed by atoms with E-state index in [2.05, 4.69) is 5.32 Å². The normalized spacial score (nSPS) is 24.5. The van der Waals surface area contributed by atoms with Crippen molar-refractivity contribution in [3.63, 3.8) is 0 Å². The lowest BCUT2D eigenvalue weighted by atomic mass is 9.90. The Kier molecular flexibility index (Phi) is 3.18. The van der Waals surface area contributed by atoms with Crippen LogP contribution in [0, 0.1) is 0 Å². The Labute approximate surface area is 101 Å². The van der Waals surface area contributed by atoms with Crippen LogP contribution in [0.1, 0.15) is 31.2 Å². The summed E-state index contributed by atoms with van der Waals surface area (Å²) in [5.41, 5.74) is 1.21. The SMILES string of the molecule is c1cc(CNC2CCC3(CC2)OCCO3)co1. The molecule has 0 unspecified atom stereocenters. The number of nitrogens with one attached hydrogen (secondary N) is 1. The molecule has 1 spiro atoms. The van der Waals surface area contributed by atoms with Crippen molar-refractivity contribution < 1.29 is 13.9 Å². The molecule has 4 heteroatoms. The van der Waals surface area contributed by atoms with E-state index in [0.717, 1.165) is 45.4 Å². The fourth-order valence-electron chi connectivity index (χ4n) is 2.70. The van der Waals surface area contributed by atoms with Gasteiger partial charge in [0.2, 0.25) is 0 Å². The summed E-state index contributed by atoms with van der Waals surface area (Å²) in [6.45, 7) is 2.40. The van der Waals surface area contributed by atoms with Crippen molar-refractivity contribution in [3.8, 4) is 0 Å². The third-order valence-corrected chi connectivity index (χ3v) is 3.74. The Morgan fingerprint density at radius 3 is 2.65 bits per heavy atom. The molecule has 2 fully saturated rings. The molecule has 2 aliphatic rings. The largest absolute Gasteiger partial charge is 0.472 e. The Balaban J connectivity index is 1.45. The van der Waals surface area contributed by atoms with Crippen molar-refractivity contribution in [1.82, 2.24) is 5.32 Å². The summed E-state index contributed by atoms with van der Waals surface area (Å²) in [6, 6.07) is 2.57. The average Bonchev–Trinajstić information content (AvgIpc) is 3.01. The van der Waals surface area contributed by atoms with Crippen LogP contribution >= 0.6 is 0 Å². The summed E-state index contributed by atoms with van der Waals surface area (Å²) >= 11 is 0. The van der Waals surface area contributed by atoms with Gasteiger partial charge in [-0.1, -0.05) is 0 Å². The van der Waals surface area contributed by atoms with Crippen molar-refractivity contribution in [1.29, 1.82) is 0 Å². The molecule has 2 heterocycles. The van der Waals surface area contributed by atoms with Gasteiger partial charge in [-0.3, -0.25) is 0 Å². The first kappa shape index (κ1) is 11.3. The molecule has 4 nitrogen and oxygen atoms in total. The summed E-state index contributed by atoms with van der Waals surface area (Å²) in [4.78, 5) is 0. The van der Waals surface area contributed by atoms with Gasteiger partial charge in [0.25, 0.3) is 0 Å². The number of hydrogen-bond donors (Lipinski definition) is 1. The van der Waals surface area contributed by atoms with E-state index >= 15 is 0 Å². The summed E-state index contributed by atoms with van der Waals surface area (Å²) < 4.78 is 16.5. The van der Waals surface area contributed by atoms with Gasteiger partial charge in [-0.2, -0.15) is 0 Å². The van der Waals surface area contributed by atoms with Crippen molar-refractivity contribution in [2.24, 2.45) is 0 Å². The first-order valence-electron chi connectivity index (χ1n) is 6.39. The van der Waals surface area contributed by atoms with Gasteiger partial charge in [0, 0.05) is 31.0 Å². The number of ether oxygens (including phenoxy) is 2. The maximum Gasteiger partial charge on any atom is 0.168 e. The minimum absolute atomic E-state index is 0.242. The molecular formula is C13H19NO3. The van der Waals surface area contributed by atoms with Crippen LogP contribution in [0.4, 0.5) is 0 Å². The van der Waals surface area contributed by atoms with Crippen molar-refractivity contribution >= 4 is 0 Å². The molecule has 3 rings (SSSR count). The molecule has 17 heavy (non-hydrogen) atoms. The van der Waals surface area contributed by atoms with E-state index in [1.165, 1.54) is 5.56 Å². The van der Waals surface area contributed by atoms with Crippen molar-refractivity contribution in [2.75, 3.05) is 13.2 Å². The number of hydrogen-bond acceptors (Lipinski definition) is 4. The van der Waals surface area contributed by atoms with Crippen LogP contribution < -0.4 is 5.32 Å². The fourth-order valence-corrected chi connectivity index (χ4v) is 2.70. The molecule has 0 amide bonds. The van der Waals surface area contributed by atoms with Crippen LogP contribution in [0.5, 0.6) is 0 Å². The zero-order valence-electron chi connectivity index (χ0n) is 9.98. The molecule has 1 saturated carbocycles. The van der Waals surface area contributed by atoms with Gasteiger partial charge in [0.05, 0.1) is 25.7 Å². The highest BCUT2D eigenvalue weighted by Gasteiger charge is 2.40. The van der Waals surface area contributed by atoms with E-state index in [1.54, 1.807) is 12.5 Å². The lowest BCUT2D eigenvalue weighted by Crippen LogP contribution is -2.41. The lowest BCUT2D eigenvalue weighted by Gasteiger charge is -2.35. The van der Waals surface area contributed by atoms with Gasteiger partial charge in [-0.15, -0.1) is 0 Å². The molecule has 94 valence electrons. The highest BCUT2D eigenvalue weighted by molar-refractivity contribution is 5.04. The topological polar surface area (TPSA) is 43.6 Å². The second kappa shape index (κ2) is 4.80. The third-order valence-electron chi connectivity index (χ3n) is 3.74. The average molecular weight is 237 g/mol. The van der Waals surface area contributed by atoms with Crippen LogP contribution in [0.25, 0.3) is 0 Å². The van der Waals surface area contributed by atoms with Gasteiger partial charge < -0.3 is 19.2 Å². The standard InChI is InChI=1S/C13H19NO3/c1-4-13(16-7-8-17-13)5-2-12(1)14-9-11-3-6-15-10-11/h3,6,10,12,14H,1-2,4-5,7-9H2. The number of furan rings is 1. The van der Waals surface area contributed by atoms with Gasteiger partial charge in [0.1, 0.15) is 0 Å². The molecular weight excluding hydrogens is 218 g/mol. The third kappa shape index (κ3) is 2.54. The molecule has 0 bridgehead atoms. The Bertz CT molecular complexity index is 334. The van der Waals surface area contributed by atoms with Crippen molar-refractivity contribution in [2.45, 2.75) is 44.1 Å². The second-order valence-electron chi connectivity index (χ2n) is 4.89.